The molecule has 0 heterocycles. The number of aryl methyl sites for hydroxylation is 2. The van der Waals surface area contributed by atoms with E-state index < -0.39 is 10.0 Å². The van der Waals surface area contributed by atoms with E-state index in [-0.39, 0.29) is 28.2 Å². The molecule has 0 aromatic heterocycles. The van der Waals surface area contributed by atoms with E-state index in [9.17, 15) is 13.2 Å². The third-order valence-corrected chi connectivity index (χ3v) is 6.95. The Labute approximate surface area is 172 Å². The number of carbonyl (C=O) groups is 1. The number of carbonyl (C=O) groups excluding carboxylic acids is 1. The average Bonchev–Trinajstić information content (AvgIpc) is 2.70. The van der Waals surface area contributed by atoms with Gasteiger partial charge in [-0.05, 0) is 68.1 Å². The third-order valence-electron chi connectivity index (χ3n) is 5.41. The van der Waals surface area contributed by atoms with Crippen molar-refractivity contribution in [2.24, 2.45) is 0 Å². The normalized spacial score (nSPS) is 15.1. The molecule has 1 fully saturated rings. The summed E-state index contributed by atoms with van der Waals surface area (Å²) in [6.45, 7) is 3.97. The minimum atomic E-state index is -3.80. The van der Waals surface area contributed by atoms with Gasteiger partial charge in [0.05, 0.1) is 7.11 Å². The zero-order valence-corrected chi connectivity index (χ0v) is 17.9. The Balaban J connectivity index is 1.85. The molecule has 0 spiro atoms. The Kier molecular flexibility index (Phi) is 6.59. The lowest BCUT2D eigenvalue weighted by atomic mass is 9.96. The smallest absolute Gasteiger partial charge is 0.255 e. The molecule has 0 radical (unpaired) electrons. The molecule has 0 aliphatic heterocycles. The van der Waals surface area contributed by atoms with Crippen LogP contribution in [0.5, 0.6) is 5.75 Å². The van der Waals surface area contributed by atoms with Crippen LogP contribution in [-0.2, 0) is 10.0 Å². The van der Waals surface area contributed by atoms with Gasteiger partial charge in [-0.1, -0.05) is 25.3 Å². The lowest BCUT2D eigenvalue weighted by Gasteiger charge is -2.23. The van der Waals surface area contributed by atoms with Gasteiger partial charge in [0, 0.05) is 17.3 Å². The maximum absolute atomic E-state index is 13.0. The van der Waals surface area contributed by atoms with Gasteiger partial charge in [-0.2, -0.15) is 0 Å². The van der Waals surface area contributed by atoms with Crippen LogP contribution in [0.4, 0.5) is 5.69 Å². The number of methoxy groups -OCH3 is 1. The van der Waals surface area contributed by atoms with E-state index in [0.717, 1.165) is 43.2 Å². The van der Waals surface area contributed by atoms with Crippen molar-refractivity contribution < 1.29 is 17.9 Å². The first-order chi connectivity index (χ1) is 13.8. The number of anilines is 1. The Morgan fingerprint density at radius 1 is 1.00 bits per heavy atom. The van der Waals surface area contributed by atoms with Crippen LogP contribution in [0, 0.1) is 13.8 Å². The first kappa shape index (κ1) is 21.3. The van der Waals surface area contributed by atoms with Crippen LogP contribution >= 0.6 is 0 Å². The number of sulfonamides is 1. The Bertz CT molecular complexity index is 996. The number of benzene rings is 2. The van der Waals surface area contributed by atoms with Gasteiger partial charge >= 0.3 is 0 Å². The molecule has 3 rings (SSSR count). The fourth-order valence-electron chi connectivity index (χ4n) is 3.55. The van der Waals surface area contributed by atoms with E-state index in [1.54, 1.807) is 6.07 Å². The molecule has 0 unspecified atom stereocenters. The molecule has 156 valence electrons. The van der Waals surface area contributed by atoms with E-state index in [1.807, 2.05) is 32.0 Å². The SMILES string of the molecule is COc1ccc(C(=O)Nc2ccc(C)c(C)c2)cc1S(=O)(=O)NC1CCCCC1. The van der Waals surface area contributed by atoms with Gasteiger partial charge in [0.1, 0.15) is 10.6 Å². The second kappa shape index (κ2) is 8.97. The van der Waals surface area contributed by atoms with Crippen LogP contribution in [0.25, 0.3) is 0 Å². The van der Waals surface area contributed by atoms with Crippen LogP contribution in [-0.4, -0.2) is 27.5 Å². The first-order valence-electron chi connectivity index (χ1n) is 9.89. The molecule has 6 nitrogen and oxygen atoms in total. The fraction of sp³-hybridized carbons (Fsp3) is 0.409. The molecule has 0 bridgehead atoms. The Morgan fingerprint density at radius 2 is 1.72 bits per heavy atom. The highest BCUT2D eigenvalue weighted by atomic mass is 32.2. The summed E-state index contributed by atoms with van der Waals surface area (Å²) in [7, 11) is -2.38. The van der Waals surface area contributed by atoms with E-state index in [1.165, 1.54) is 19.2 Å². The minimum absolute atomic E-state index is 0.0155. The lowest BCUT2D eigenvalue weighted by Crippen LogP contribution is -2.36. The summed E-state index contributed by atoms with van der Waals surface area (Å²) in [5.74, 6) is -0.152. The second-order valence-electron chi connectivity index (χ2n) is 7.58. The van der Waals surface area contributed by atoms with Crippen molar-refractivity contribution in [2.45, 2.75) is 56.9 Å². The van der Waals surface area contributed by atoms with Crippen LogP contribution in [0.1, 0.15) is 53.6 Å². The van der Waals surface area contributed by atoms with Crippen molar-refractivity contribution in [2.75, 3.05) is 12.4 Å². The minimum Gasteiger partial charge on any atom is -0.495 e. The predicted octanol–water partition coefficient (Wildman–Crippen LogP) is 4.18. The molecule has 1 saturated carbocycles. The highest BCUT2D eigenvalue weighted by Crippen LogP contribution is 2.27. The summed E-state index contributed by atoms with van der Waals surface area (Å²) < 4.78 is 34.0. The molecule has 29 heavy (non-hydrogen) atoms. The number of rotatable bonds is 6. The molecule has 0 saturated heterocycles. The number of hydrogen-bond donors (Lipinski definition) is 2. The highest BCUT2D eigenvalue weighted by molar-refractivity contribution is 7.89. The van der Waals surface area contributed by atoms with Crippen LogP contribution in [0.15, 0.2) is 41.3 Å². The van der Waals surface area contributed by atoms with E-state index in [4.69, 9.17) is 4.74 Å². The number of nitrogens with one attached hydrogen (secondary N) is 2. The standard InChI is InChI=1S/C22H28N2O4S/c1-15-9-11-19(13-16(15)2)23-22(25)17-10-12-20(28-3)21(14-17)29(26,27)24-18-7-5-4-6-8-18/h9-14,18,24H,4-8H2,1-3H3,(H,23,25). The average molecular weight is 417 g/mol. The lowest BCUT2D eigenvalue weighted by molar-refractivity contribution is 0.102. The van der Waals surface area contributed by atoms with Crippen molar-refractivity contribution in [1.82, 2.24) is 4.72 Å². The van der Waals surface area contributed by atoms with Gasteiger partial charge in [-0.25, -0.2) is 13.1 Å². The molecular formula is C22H28N2O4S. The van der Waals surface area contributed by atoms with Crippen molar-refractivity contribution in [1.29, 1.82) is 0 Å². The van der Waals surface area contributed by atoms with Crippen molar-refractivity contribution in [3.63, 3.8) is 0 Å². The number of hydrogen-bond acceptors (Lipinski definition) is 4. The third kappa shape index (κ3) is 5.16. The molecule has 1 aliphatic carbocycles. The molecule has 1 aliphatic rings. The van der Waals surface area contributed by atoms with Gasteiger partial charge in [0.15, 0.2) is 0 Å². The first-order valence-corrected chi connectivity index (χ1v) is 11.4. The van der Waals surface area contributed by atoms with Gasteiger partial charge < -0.3 is 10.1 Å². The molecule has 7 heteroatoms. The summed E-state index contributed by atoms with van der Waals surface area (Å²) in [5.41, 5.74) is 3.12. The van der Waals surface area contributed by atoms with Gasteiger partial charge in [0.25, 0.3) is 5.91 Å². The van der Waals surface area contributed by atoms with E-state index in [2.05, 4.69) is 10.0 Å². The zero-order valence-electron chi connectivity index (χ0n) is 17.1. The van der Waals surface area contributed by atoms with E-state index in [0.29, 0.717) is 5.69 Å². The van der Waals surface area contributed by atoms with Crippen molar-refractivity contribution >= 4 is 21.6 Å². The predicted molar refractivity (Wildman–Crippen MR) is 114 cm³/mol. The second-order valence-corrected chi connectivity index (χ2v) is 9.26. The quantitative estimate of drug-likeness (QED) is 0.740. The summed E-state index contributed by atoms with van der Waals surface area (Å²) >= 11 is 0. The topological polar surface area (TPSA) is 84.5 Å². The van der Waals surface area contributed by atoms with Gasteiger partial charge in [-0.3, -0.25) is 4.79 Å². The van der Waals surface area contributed by atoms with Crippen molar-refractivity contribution in [3.8, 4) is 5.75 Å². The molecule has 2 N–H and O–H groups in total. The highest BCUT2D eigenvalue weighted by Gasteiger charge is 2.26. The maximum Gasteiger partial charge on any atom is 0.255 e. The van der Waals surface area contributed by atoms with Crippen LogP contribution in [0.2, 0.25) is 0 Å². The summed E-state index contributed by atoms with van der Waals surface area (Å²) in [6, 6.07) is 10.0. The maximum atomic E-state index is 13.0. The fourth-order valence-corrected chi connectivity index (χ4v) is 5.05. The van der Waals surface area contributed by atoms with E-state index >= 15 is 0 Å². The Hall–Kier alpha value is -2.38. The molecule has 2 aromatic rings. The van der Waals surface area contributed by atoms with Crippen LogP contribution < -0.4 is 14.8 Å². The summed E-state index contributed by atoms with van der Waals surface area (Å²) in [5, 5.41) is 2.83. The molecule has 2 aromatic carbocycles. The summed E-state index contributed by atoms with van der Waals surface area (Å²) in [4.78, 5) is 12.7. The zero-order chi connectivity index (χ0) is 21.0. The van der Waals surface area contributed by atoms with Gasteiger partial charge in [-0.15, -0.1) is 0 Å². The summed E-state index contributed by atoms with van der Waals surface area (Å²) in [6.07, 6.45) is 4.82. The molecule has 1 amide bonds. The number of amides is 1. The van der Waals surface area contributed by atoms with Crippen molar-refractivity contribution in [3.05, 3.63) is 53.1 Å². The van der Waals surface area contributed by atoms with Crippen LogP contribution in [0.3, 0.4) is 0 Å². The molecular weight excluding hydrogens is 388 g/mol. The Morgan fingerprint density at radius 3 is 2.38 bits per heavy atom. The monoisotopic (exact) mass is 416 g/mol. The van der Waals surface area contributed by atoms with Gasteiger partial charge in [0.2, 0.25) is 10.0 Å². The molecule has 0 atom stereocenters. The number of ether oxygens (including phenoxy) is 1. The largest absolute Gasteiger partial charge is 0.495 e.